The molecular formula is C21H27N3O2. The highest BCUT2D eigenvalue weighted by atomic mass is 16.2. The van der Waals surface area contributed by atoms with Crippen LogP contribution in [0.1, 0.15) is 42.3 Å². The number of benzene rings is 2. The number of anilines is 1. The molecule has 0 unspecified atom stereocenters. The second kappa shape index (κ2) is 9.73. The maximum Gasteiger partial charge on any atom is 0.251 e. The third-order valence-electron chi connectivity index (χ3n) is 4.31. The molecule has 0 radical (unpaired) electrons. The molecule has 2 aromatic carbocycles. The van der Waals surface area contributed by atoms with E-state index in [-0.39, 0.29) is 11.8 Å². The second-order valence-corrected chi connectivity index (χ2v) is 6.17. The average molecular weight is 353 g/mol. The van der Waals surface area contributed by atoms with Crippen molar-refractivity contribution in [3.8, 4) is 0 Å². The van der Waals surface area contributed by atoms with E-state index in [9.17, 15) is 9.59 Å². The van der Waals surface area contributed by atoms with Gasteiger partial charge in [-0.1, -0.05) is 38.1 Å². The number of hydrogen-bond acceptors (Lipinski definition) is 3. The van der Waals surface area contributed by atoms with Crippen LogP contribution in [-0.4, -0.2) is 29.8 Å². The summed E-state index contributed by atoms with van der Waals surface area (Å²) in [5, 5.41) is 5.67. The van der Waals surface area contributed by atoms with Crippen LogP contribution in [0.4, 0.5) is 5.69 Å². The summed E-state index contributed by atoms with van der Waals surface area (Å²) in [6, 6.07) is 15.1. The zero-order chi connectivity index (χ0) is 18.9. The van der Waals surface area contributed by atoms with Gasteiger partial charge in [0.15, 0.2) is 0 Å². The van der Waals surface area contributed by atoms with E-state index in [4.69, 9.17) is 0 Å². The van der Waals surface area contributed by atoms with Crippen LogP contribution >= 0.6 is 0 Å². The van der Waals surface area contributed by atoms with E-state index in [1.165, 1.54) is 12.5 Å². The Labute approximate surface area is 155 Å². The summed E-state index contributed by atoms with van der Waals surface area (Å²) >= 11 is 0. The Morgan fingerprint density at radius 2 is 1.54 bits per heavy atom. The van der Waals surface area contributed by atoms with E-state index in [1.54, 1.807) is 24.3 Å². The average Bonchev–Trinajstić information content (AvgIpc) is 2.65. The number of hydrogen-bond donors (Lipinski definition) is 2. The summed E-state index contributed by atoms with van der Waals surface area (Å²) < 4.78 is 0. The van der Waals surface area contributed by atoms with Gasteiger partial charge in [-0.15, -0.1) is 0 Å². The molecule has 0 saturated heterocycles. The third kappa shape index (κ3) is 5.70. The van der Waals surface area contributed by atoms with E-state index in [0.29, 0.717) is 17.8 Å². The third-order valence-corrected chi connectivity index (χ3v) is 4.31. The smallest absolute Gasteiger partial charge is 0.251 e. The van der Waals surface area contributed by atoms with Gasteiger partial charge in [0, 0.05) is 31.3 Å². The molecule has 2 N–H and O–H groups in total. The van der Waals surface area contributed by atoms with Crippen LogP contribution in [0.2, 0.25) is 0 Å². The van der Waals surface area contributed by atoms with Crippen molar-refractivity contribution in [2.24, 2.45) is 0 Å². The molecule has 0 bridgehead atoms. The predicted molar refractivity (Wildman–Crippen MR) is 105 cm³/mol. The van der Waals surface area contributed by atoms with Gasteiger partial charge in [0.1, 0.15) is 0 Å². The highest BCUT2D eigenvalue weighted by Crippen LogP contribution is 2.13. The van der Waals surface area contributed by atoms with Gasteiger partial charge in [-0.3, -0.25) is 14.5 Å². The van der Waals surface area contributed by atoms with E-state index in [0.717, 1.165) is 25.2 Å². The van der Waals surface area contributed by atoms with Crippen molar-refractivity contribution < 1.29 is 9.59 Å². The summed E-state index contributed by atoms with van der Waals surface area (Å²) in [6.07, 6.45) is 0. The molecule has 0 aromatic heterocycles. The van der Waals surface area contributed by atoms with E-state index in [1.807, 2.05) is 12.1 Å². The van der Waals surface area contributed by atoms with Gasteiger partial charge in [-0.2, -0.15) is 0 Å². The van der Waals surface area contributed by atoms with Crippen LogP contribution in [0.15, 0.2) is 48.5 Å². The van der Waals surface area contributed by atoms with Crippen molar-refractivity contribution in [3.63, 3.8) is 0 Å². The normalized spacial score (nSPS) is 10.6. The van der Waals surface area contributed by atoms with Crippen LogP contribution in [0.25, 0.3) is 0 Å². The number of rotatable bonds is 8. The lowest BCUT2D eigenvalue weighted by molar-refractivity contribution is -0.114. The Morgan fingerprint density at radius 3 is 2.12 bits per heavy atom. The summed E-state index contributed by atoms with van der Waals surface area (Å²) in [4.78, 5) is 25.8. The number of amides is 2. The molecule has 0 atom stereocenters. The molecular weight excluding hydrogens is 326 g/mol. The van der Waals surface area contributed by atoms with Crippen LogP contribution in [0, 0.1) is 0 Å². The Bertz CT molecular complexity index is 737. The number of carbonyl (C=O) groups is 2. The van der Waals surface area contributed by atoms with Gasteiger partial charge < -0.3 is 10.6 Å². The molecule has 0 saturated carbocycles. The topological polar surface area (TPSA) is 61.4 Å². The standard InChI is InChI=1S/C21H27N3O2/c1-4-24(5-2)15-19-9-7-6-8-18(19)14-22-21(26)17-10-12-20(13-11-17)23-16(3)25/h6-13H,4-5,14-15H2,1-3H3,(H,22,26)(H,23,25). The fourth-order valence-electron chi connectivity index (χ4n) is 2.76. The lowest BCUT2D eigenvalue weighted by Gasteiger charge is -2.20. The maximum absolute atomic E-state index is 12.4. The highest BCUT2D eigenvalue weighted by molar-refractivity contribution is 5.95. The molecule has 138 valence electrons. The molecule has 0 aliphatic carbocycles. The Hall–Kier alpha value is -2.66. The molecule has 5 nitrogen and oxygen atoms in total. The molecule has 26 heavy (non-hydrogen) atoms. The van der Waals surface area contributed by atoms with Crippen molar-refractivity contribution in [2.75, 3.05) is 18.4 Å². The van der Waals surface area contributed by atoms with Gasteiger partial charge in [0.25, 0.3) is 5.91 Å². The fraction of sp³-hybridized carbons (Fsp3) is 0.333. The molecule has 0 spiro atoms. The molecule has 0 aliphatic heterocycles. The minimum absolute atomic E-state index is 0.128. The zero-order valence-electron chi connectivity index (χ0n) is 15.7. The zero-order valence-corrected chi connectivity index (χ0v) is 15.7. The highest BCUT2D eigenvalue weighted by Gasteiger charge is 2.09. The Morgan fingerprint density at radius 1 is 0.923 bits per heavy atom. The van der Waals surface area contributed by atoms with Crippen molar-refractivity contribution in [2.45, 2.75) is 33.9 Å². The maximum atomic E-state index is 12.4. The van der Waals surface area contributed by atoms with Gasteiger partial charge in [-0.05, 0) is 48.5 Å². The van der Waals surface area contributed by atoms with Crippen LogP contribution in [0.3, 0.4) is 0 Å². The summed E-state index contributed by atoms with van der Waals surface area (Å²) in [5.74, 6) is -0.260. The largest absolute Gasteiger partial charge is 0.348 e. The van der Waals surface area contributed by atoms with Gasteiger partial charge in [0.05, 0.1) is 0 Å². The van der Waals surface area contributed by atoms with E-state index >= 15 is 0 Å². The molecule has 0 heterocycles. The van der Waals surface area contributed by atoms with Crippen LogP contribution in [-0.2, 0) is 17.9 Å². The predicted octanol–water partition coefficient (Wildman–Crippen LogP) is 3.42. The first kappa shape index (κ1) is 19.7. The first-order valence-corrected chi connectivity index (χ1v) is 8.98. The van der Waals surface area contributed by atoms with Crippen molar-refractivity contribution in [1.29, 1.82) is 0 Å². The van der Waals surface area contributed by atoms with E-state index in [2.05, 4.69) is 41.5 Å². The quantitative estimate of drug-likeness (QED) is 0.764. The number of nitrogens with zero attached hydrogens (tertiary/aromatic N) is 1. The van der Waals surface area contributed by atoms with Crippen molar-refractivity contribution >= 4 is 17.5 Å². The molecule has 0 aliphatic rings. The second-order valence-electron chi connectivity index (χ2n) is 6.17. The Kier molecular flexibility index (Phi) is 7.36. The van der Waals surface area contributed by atoms with Crippen LogP contribution < -0.4 is 10.6 Å². The lowest BCUT2D eigenvalue weighted by atomic mass is 10.1. The van der Waals surface area contributed by atoms with Crippen molar-refractivity contribution in [3.05, 3.63) is 65.2 Å². The summed E-state index contributed by atoms with van der Waals surface area (Å²) in [5.41, 5.74) is 3.61. The first-order chi connectivity index (χ1) is 12.5. The molecule has 5 heteroatoms. The lowest BCUT2D eigenvalue weighted by Crippen LogP contribution is -2.26. The summed E-state index contributed by atoms with van der Waals surface area (Å²) in [6.45, 7) is 9.12. The molecule has 2 aromatic rings. The monoisotopic (exact) mass is 353 g/mol. The SMILES string of the molecule is CCN(CC)Cc1ccccc1CNC(=O)c1ccc(NC(C)=O)cc1. The van der Waals surface area contributed by atoms with Crippen LogP contribution in [0.5, 0.6) is 0 Å². The number of nitrogens with one attached hydrogen (secondary N) is 2. The molecule has 2 amide bonds. The van der Waals surface area contributed by atoms with Gasteiger partial charge in [-0.25, -0.2) is 0 Å². The number of carbonyl (C=O) groups excluding carboxylic acids is 2. The van der Waals surface area contributed by atoms with Crippen molar-refractivity contribution in [1.82, 2.24) is 10.2 Å². The van der Waals surface area contributed by atoms with Gasteiger partial charge in [0.2, 0.25) is 5.91 Å². The first-order valence-electron chi connectivity index (χ1n) is 8.98. The summed E-state index contributed by atoms with van der Waals surface area (Å²) in [7, 11) is 0. The minimum atomic E-state index is -0.132. The van der Waals surface area contributed by atoms with Gasteiger partial charge >= 0.3 is 0 Å². The van der Waals surface area contributed by atoms with E-state index < -0.39 is 0 Å². The molecule has 2 rings (SSSR count). The molecule has 0 fully saturated rings. The minimum Gasteiger partial charge on any atom is -0.348 e. The fourth-order valence-corrected chi connectivity index (χ4v) is 2.76. The Balaban J connectivity index is 2.00.